The van der Waals surface area contributed by atoms with Crippen molar-refractivity contribution in [2.24, 2.45) is 0 Å². The minimum atomic E-state index is -0.229. The van der Waals surface area contributed by atoms with Gasteiger partial charge in [-0.2, -0.15) is 0 Å². The molecule has 0 radical (unpaired) electrons. The van der Waals surface area contributed by atoms with E-state index < -0.39 is 0 Å². The van der Waals surface area contributed by atoms with Gasteiger partial charge < -0.3 is 34.3 Å². The molecular formula is C21H28N2O6. The third-order valence-corrected chi connectivity index (χ3v) is 4.32. The van der Waals surface area contributed by atoms with Crippen molar-refractivity contribution < 1.29 is 28.5 Å². The first kappa shape index (κ1) is 22.2. The maximum Gasteiger partial charge on any atom is 0.251 e. The topological polar surface area (TPSA) is 87.3 Å². The molecule has 8 nitrogen and oxygen atoms in total. The molecule has 0 aromatic heterocycles. The zero-order chi connectivity index (χ0) is 21.2. The lowest BCUT2D eigenvalue weighted by Gasteiger charge is -2.14. The highest BCUT2D eigenvalue weighted by Gasteiger charge is 2.16. The van der Waals surface area contributed by atoms with Crippen LogP contribution in [0.15, 0.2) is 30.3 Å². The van der Waals surface area contributed by atoms with Crippen LogP contribution in [0.25, 0.3) is 0 Å². The smallest absolute Gasteiger partial charge is 0.251 e. The predicted molar refractivity (Wildman–Crippen MR) is 110 cm³/mol. The molecule has 0 atom stereocenters. The minimum absolute atomic E-state index is 0.229. The Hall–Kier alpha value is -3.13. The van der Waals surface area contributed by atoms with Crippen LogP contribution >= 0.6 is 0 Å². The number of ether oxygens (including phenoxy) is 5. The summed E-state index contributed by atoms with van der Waals surface area (Å²) in [4.78, 5) is 12.5. The Morgan fingerprint density at radius 3 is 2.00 bits per heavy atom. The molecule has 0 unspecified atom stereocenters. The summed E-state index contributed by atoms with van der Waals surface area (Å²) in [5.74, 6) is 2.57. The summed E-state index contributed by atoms with van der Waals surface area (Å²) in [6.07, 6.45) is 0. The number of hydrogen-bond acceptors (Lipinski definition) is 7. The number of hydrogen-bond donors (Lipinski definition) is 2. The lowest BCUT2D eigenvalue weighted by Crippen LogP contribution is -2.31. The Labute approximate surface area is 171 Å². The largest absolute Gasteiger partial charge is 0.497 e. The molecule has 1 amide bonds. The zero-order valence-corrected chi connectivity index (χ0v) is 17.5. The molecule has 2 aromatic rings. The van der Waals surface area contributed by atoms with Gasteiger partial charge in [-0.15, -0.1) is 0 Å². The average molecular weight is 404 g/mol. The number of nitrogens with one attached hydrogen (secondary N) is 2. The molecule has 0 saturated heterocycles. The van der Waals surface area contributed by atoms with Crippen LogP contribution in [0.3, 0.4) is 0 Å². The van der Waals surface area contributed by atoms with E-state index in [4.69, 9.17) is 23.7 Å². The Morgan fingerprint density at radius 1 is 0.793 bits per heavy atom. The van der Waals surface area contributed by atoms with E-state index in [1.54, 1.807) is 26.4 Å². The van der Waals surface area contributed by atoms with E-state index in [0.29, 0.717) is 42.4 Å². The quantitative estimate of drug-likeness (QED) is 0.556. The molecule has 0 aliphatic carbocycles. The van der Waals surface area contributed by atoms with Crippen molar-refractivity contribution >= 4 is 5.91 Å². The van der Waals surface area contributed by atoms with E-state index in [1.165, 1.54) is 21.3 Å². The SMILES string of the molecule is COc1ccc(CNCCNC(=O)c2cc(OC)c(OC)c(OC)c2)c(OC)c1. The van der Waals surface area contributed by atoms with Crippen LogP contribution in [-0.2, 0) is 6.54 Å². The first-order valence-electron chi connectivity index (χ1n) is 9.07. The maximum absolute atomic E-state index is 12.5. The van der Waals surface area contributed by atoms with Crippen molar-refractivity contribution in [1.82, 2.24) is 10.6 Å². The third kappa shape index (κ3) is 5.68. The lowest BCUT2D eigenvalue weighted by molar-refractivity contribution is 0.0953. The van der Waals surface area contributed by atoms with Crippen molar-refractivity contribution in [3.63, 3.8) is 0 Å². The second-order valence-corrected chi connectivity index (χ2v) is 6.02. The van der Waals surface area contributed by atoms with Crippen molar-refractivity contribution in [3.05, 3.63) is 41.5 Å². The van der Waals surface area contributed by atoms with Gasteiger partial charge in [0.2, 0.25) is 5.75 Å². The first-order chi connectivity index (χ1) is 14.1. The fourth-order valence-electron chi connectivity index (χ4n) is 2.80. The maximum atomic E-state index is 12.5. The van der Waals surface area contributed by atoms with Crippen LogP contribution in [0, 0.1) is 0 Å². The van der Waals surface area contributed by atoms with Gasteiger partial charge in [0.05, 0.1) is 35.5 Å². The minimum Gasteiger partial charge on any atom is -0.497 e. The van der Waals surface area contributed by atoms with Gasteiger partial charge >= 0.3 is 0 Å². The number of methoxy groups -OCH3 is 5. The van der Waals surface area contributed by atoms with E-state index in [9.17, 15) is 4.79 Å². The first-order valence-corrected chi connectivity index (χ1v) is 9.07. The van der Waals surface area contributed by atoms with Crippen LogP contribution in [0.5, 0.6) is 28.7 Å². The van der Waals surface area contributed by atoms with Crippen LogP contribution in [-0.4, -0.2) is 54.5 Å². The van der Waals surface area contributed by atoms with Gasteiger partial charge in [0, 0.05) is 36.8 Å². The molecule has 2 N–H and O–H groups in total. The highest BCUT2D eigenvalue weighted by atomic mass is 16.5. The predicted octanol–water partition coefficient (Wildman–Crippen LogP) is 2.25. The van der Waals surface area contributed by atoms with Crippen molar-refractivity contribution in [3.8, 4) is 28.7 Å². The van der Waals surface area contributed by atoms with Gasteiger partial charge in [0.15, 0.2) is 11.5 Å². The van der Waals surface area contributed by atoms with Gasteiger partial charge in [-0.25, -0.2) is 0 Å². The van der Waals surface area contributed by atoms with Crippen molar-refractivity contribution in [1.29, 1.82) is 0 Å². The van der Waals surface area contributed by atoms with E-state index in [-0.39, 0.29) is 5.91 Å². The van der Waals surface area contributed by atoms with Gasteiger partial charge in [-0.3, -0.25) is 4.79 Å². The Balaban J connectivity index is 1.89. The van der Waals surface area contributed by atoms with Crippen LogP contribution in [0.4, 0.5) is 0 Å². The highest BCUT2D eigenvalue weighted by Crippen LogP contribution is 2.38. The summed E-state index contributed by atoms with van der Waals surface area (Å²) < 4.78 is 26.4. The normalized spacial score (nSPS) is 10.2. The fraction of sp³-hybridized carbons (Fsp3) is 0.381. The Morgan fingerprint density at radius 2 is 1.45 bits per heavy atom. The molecule has 0 fully saturated rings. The van der Waals surface area contributed by atoms with E-state index in [1.807, 2.05) is 18.2 Å². The third-order valence-electron chi connectivity index (χ3n) is 4.32. The summed E-state index contributed by atoms with van der Waals surface area (Å²) >= 11 is 0. The summed E-state index contributed by atoms with van der Waals surface area (Å²) in [6, 6.07) is 8.90. The lowest BCUT2D eigenvalue weighted by atomic mass is 10.1. The molecule has 29 heavy (non-hydrogen) atoms. The standard InChI is InChI=1S/C21H28N2O6/c1-25-16-7-6-14(17(12-16)26-2)13-22-8-9-23-21(24)15-10-18(27-3)20(29-5)19(11-15)28-4/h6-7,10-12,22H,8-9,13H2,1-5H3,(H,23,24). The van der Waals surface area contributed by atoms with E-state index in [0.717, 1.165) is 17.1 Å². The second kappa shape index (κ2) is 11.0. The molecule has 2 rings (SSSR count). The average Bonchev–Trinajstić information content (AvgIpc) is 2.77. The molecule has 0 heterocycles. The van der Waals surface area contributed by atoms with Crippen LogP contribution in [0.1, 0.15) is 15.9 Å². The summed E-state index contributed by atoms with van der Waals surface area (Å²) in [6.45, 7) is 1.65. The fourth-order valence-corrected chi connectivity index (χ4v) is 2.80. The van der Waals surface area contributed by atoms with E-state index >= 15 is 0 Å². The van der Waals surface area contributed by atoms with Gasteiger partial charge in [-0.1, -0.05) is 6.07 Å². The summed E-state index contributed by atoms with van der Waals surface area (Å²) in [7, 11) is 7.77. The summed E-state index contributed by atoms with van der Waals surface area (Å²) in [5, 5.41) is 6.15. The number of carbonyl (C=O) groups excluding carboxylic acids is 1. The molecule has 0 aliphatic heterocycles. The van der Waals surface area contributed by atoms with Crippen LogP contribution < -0.4 is 34.3 Å². The van der Waals surface area contributed by atoms with Crippen molar-refractivity contribution in [2.45, 2.75) is 6.54 Å². The molecule has 8 heteroatoms. The molecule has 158 valence electrons. The Bertz CT molecular complexity index is 800. The second-order valence-electron chi connectivity index (χ2n) is 6.02. The molecule has 2 aromatic carbocycles. The van der Waals surface area contributed by atoms with E-state index in [2.05, 4.69) is 10.6 Å². The highest BCUT2D eigenvalue weighted by molar-refractivity contribution is 5.95. The molecule has 0 bridgehead atoms. The molecule has 0 aliphatic rings. The molecule has 0 spiro atoms. The number of rotatable bonds is 11. The van der Waals surface area contributed by atoms with Crippen molar-refractivity contribution in [2.75, 3.05) is 48.6 Å². The molecule has 0 saturated carbocycles. The number of amides is 1. The number of carbonyl (C=O) groups is 1. The number of benzene rings is 2. The monoisotopic (exact) mass is 404 g/mol. The van der Waals surface area contributed by atoms with Gasteiger partial charge in [0.25, 0.3) is 5.91 Å². The van der Waals surface area contributed by atoms with Gasteiger partial charge in [0.1, 0.15) is 11.5 Å². The molecular weight excluding hydrogens is 376 g/mol. The Kier molecular flexibility index (Phi) is 8.42. The summed E-state index contributed by atoms with van der Waals surface area (Å²) in [5.41, 5.74) is 1.43. The van der Waals surface area contributed by atoms with Crippen LogP contribution in [0.2, 0.25) is 0 Å². The van der Waals surface area contributed by atoms with Gasteiger partial charge in [-0.05, 0) is 18.2 Å². The zero-order valence-electron chi connectivity index (χ0n) is 17.5.